The Balaban J connectivity index is 1.59. The van der Waals surface area contributed by atoms with E-state index in [0.717, 1.165) is 5.33 Å². The highest BCUT2D eigenvalue weighted by Crippen LogP contribution is 2.45. The van der Waals surface area contributed by atoms with Crippen LogP contribution in [-0.2, 0) is 5.33 Å². The third-order valence-electron chi connectivity index (χ3n) is 7.57. The monoisotopic (exact) mass is 548 g/mol. The molecule has 0 fully saturated rings. The highest BCUT2D eigenvalue weighted by Gasteiger charge is 2.17. The number of hydrogen-bond acceptors (Lipinski definition) is 0. The Labute approximate surface area is 231 Å². The van der Waals surface area contributed by atoms with Gasteiger partial charge in [0.1, 0.15) is 0 Å². The van der Waals surface area contributed by atoms with Gasteiger partial charge in [0, 0.05) is 5.33 Å². The molecule has 0 aliphatic rings. The number of hydrogen-bond donors (Lipinski definition) is 0. The van der Waals surface area contributed by atoms with Gasteiger partial charge in [-0.05, 0) is 83.4 Å². The second kappa shape index (κ2) is 9.59. The lowest BCUT2D eigenvalue weighted by molar-refractivity contribution is 1.44. The van der Waals surface area contributed by atoms with Crippen LogP contribution >= 0.6 is 15.9 Å². The zero-order valence-electron chi connectivity index (χ0n) is 20.9. The molecule has 1 heteroatoms. The van der Waals surface area contributed by atoms with Crippen LogP contribution in [0.4, 0.5) is 0 Å². The maximum Gasteiger partial charge on any atom is 0.0283 e. The highest BCUT2D eigenvalue weighted by molar-refractivity contribution is 9.08. The minimum absolute atomic E-state index is 0.865. The molecule has 7 aromatic rings. The minimum Gasteiger partial charge on any atom is -0.0876 e. The van der Waals surface area contributed by atoms with Crippen molar-refractivity contribution in [2.24, 2.45) is 0 Å². The van der Waals surface area contributed by atoms with E-state index >= 15 is 0 Å². The van der Waals surface area contributed by atoms with Gasteiger partial charge in [-0.2, -0.15) is 0 Å². The molecule has 0 aromatic heterocycles. The first-order chi connectivity index (χ1) is 18.8. The van der Waals surface area contributed by atoms with E-state index in [1.165, 1.54) is 71.3 Å². The van der Waals surface area contributed by atoms with Gasteiger partial charge >= 0.3 is 0 Å². The molecule has 0 radical (unpaired) electrons. The Morgan fingerprint density at radius 3 is 1.68 bits per heavy atom. The second-order valence-electron chi connectivity index (χ2n) is 9.81. The summed E-state index contributed by atoms with van der Waals surface area (Å²) in [5.74, 6) is 0. The molecule has 0 aliphatic carbocycles. The van der Waals surface area contributed by atoms with Gasteiger partial charge in [0.05, 0.1) is 0 Å². The molecule has 0 amide bonds. The molecule has 7 rings (SSSR count). The van der Waals surface area contributed by atoms with Gasteiger partial charge in [0.15, 0.2) is 0 Å². The van der Waals surface area contributed by atoms with Gasteiger partial charge in [0.25, 0.3) is 0 Å². The zero-order valence-corrected chi connectivity index (χ0v) is 22.5. The summed E-state index contributed by atoms with van der Waals surface area (Å²) in [7, 11) is 0. The molecule has 38 heavy (non-hydrogen) atoms. The lowest BCUT2D eigenvalue weighted by atomic mass is 9.84. The second-order valence-corrected chi connectivity index (χ2v) is 10.4. The van der Waals surface area contributed by atoms with Crippen LogP contribution in [0.1, 0.15) is 5.56 Å². The van der Waals surface area contributed by atoms with Gasteiger partial charge in [-0.1, -0.05) is 143 Å². The Morgan fingerprint density at radius 2 is 0.947 bits per heavy atom. The number of benzene rings is 7. The van der Waals surface area contributed by atoms with Crippen molar-refractivity contribution in [2.45, 2.75) is 5.33 Å². The predicted octanol–water partition coefficient (Wildman–Crippen LogP) is 11.0. The van der Waals surface area contributed by atoms with Crippen LogP contribution in [0.5, 0.6) is 0 Å². The maximum atomic E-state index is 3.57. The molecule has 0 heterocycles. The van der Waals surface area contributed by atoms with Gasteiger partial charge < -0.3 is 0 Å². The molecular formula is C37H25Br. The normalized spacial score (nSPS) is 11.4. The van der Waals surface area contributed by atoms with Crippen LogP contribution < -0.4 is 0 Å². The zero-order chi connectivity index (χ0) is 25.5. The largest absolute Gasteiger partial charge is 0.0876 e. The van der Waals surface area contributed by atoms with Gasteiger partial charge in [-0.15, -0.1) is 0 Å². The third kappa shape index (κ3) is 3.91. The average Bonchev–Trinajstić information content (AvgIpc) is 2.99. The van der Waals surface area contributed by atoms with Crippen molar-refractivity contribution in [3.8, 4) is 33.4 Å². The van der Waals surface area contributed by atoms with E-state index in [0.29, 0.717) is 0 Å². The first kappa shape index (κ1) is 23.0. The SMILES string of the molecule is BrCc1ccc(-c2ccc3c(-c4ccc5ccccc5c4)c4ccccc4c(-c4ccccc4)c3c2)cc1. The van der Waals surface area contributed by atoms with Gasteiger partial charge in [-0.3, -0.25) is 0 Å². The Kier molecular flexibility index (Phi) is 5.80. The van der Waals surface area contributed by atoms with Gasteiger partial charge in [0.2, 0.25) is 0 Å². The van der Waals surface area contributed by atoms with E-state index < -0.39 is 0 Å². The molecule has 0 bridgehead atoms. The Morgan fingerprint density at radius 1 is 0.368 bits per heavy atom. The summed E-state index contributed by atoms with van der Waals surface area (Å²) >= 11 is 3.57. The van der Waals surface area contributed by atoms with Crippen molar-refractivity contribution in [3.05, 3.63) is 145 Å². The number of alkyl halides is 1. The van der Waals surface area contributed by atoms with E-state index in [4.69, 9.17) is 0 Å². The molecule has 0 saturated heterocycles. The van der Waals surface area contributed by atoms with Crippen molar-refractivity contribution in [1.29, 1.82) is 0 Å². The molecule has 0 saturated carbocycles. The van der Waals surface area contributed by atoms with Crippen LogP contribution in [-0.4, -0.2) is 0 Å². The summed E-state index contributed by atoms with van der Waals surface area (Å²) in [6.07, 6.45) is 0. The van der Waals surface area contributed by atoms with Crippen LogP contribution in [0.25, 0.3) is 65.7 Å². The predicted molar refractivity (Wildman–Crippen MR) is 168 cm³/mol. The summed E-state index contributed by atoms with van der Waals surface area (Å²) in [4.78, 5) is 0. The van der Waals surface area contributed by atoms with Crippen LogP contribution in [0.2, 0.25) is 0 Å². The summed E-state index contributed by atoms with van der Waals surface area (Å²) in [6.45, 7) is 0. The van der Waals surface area contributed by atoms with E-state index in [-0.39, 0.29) is 0 Å². The summed E-state index contributed by atoms with van der Waals surface area (Å²) in [5.41, 5.74) is 8.82. The fourth-order valence-corrected chi connectivity index (χ4v) is 6.09. The van der Waals surface area contributed by atoms with E-state index in [1.54, 1.807) is 0 Å². The molecule has 0 unspecified atom stereocenters. The quantitative estimate of drug-likeness (QED) is 0.151. The van der Waals surface area contributed by atoms with Crippen molar-refractivity contribution in [3.63, 3.8) is 0 Å². The van der Waals surface area contributed by atoms with Gasteiger partial charge in [-0.25, -0.2) is 0 Å². The number of rotatable bonds is 4. The van der Waals surface area contributed by atoms with Crippen LogP contribution in [0, 0.1) is 0 Å². The molecule has 0 aliphatic heterocycles. The van der Waals surface area contributed by atoms with E-state index in [9.17, 15) is 0 Å². The van der Waals surface area contributed by atoms with Crippen molar-refractivity contribution < 1.29 is 0 Å². The maximum absolute atomic E-state index is 3.57. The lowest BCUT2D eigenvalue weighted by Gasteiger charge is -2.19. The summed E-state index contributed by atoms with van der Waals surface area (Å²) in [6, 6.07) is 51.0. The number of halogens is 1. The molecule has 7 aromatic carbocycles. The van der Waals surface area contributed by atoms with E-state index in [2.05, 4.69) is 155 Å². The molecule has 0 atom stereocenters. The molecule has 0 N–H and O–H groups in total. The number of fused-ring (bicyclic) bond motifs is 3. The summed E-state index contributed by atoms with van der Waals surface area (Å²) < 4.78 is 0. The molecule has 0 spiro atoms. The highest BCUT2D eigenvalue weighted by atomic mass is 79.9. The first-order valence-electron chi connectivity index (χ1n) is 13.0. The molecular weight excluding hydrogens is 524 g/mol. The average molecular weight is 550 g/mol. The Bertz CT molecular complexity index is 1930. The van der Waals surface area contributed by atoms with E-state index in [1.807, 2.05) is 0 Å². The van der Waals surface area contributed by atoms with Crippen molar-refractivity contribution in [2.75, 3.05) is 0 Å². The fraction of sp³-hybridized carbons (Fsp3) is 0.0270. The van der Waals surface area contributed by atoms with Crippen LogP contribution in [0.3, 0.4) is 0 Å². The first-order valence-corrected chi connectivity index (χ1v) is 14.1. The third-order valence-corrected chi connectivity index (χ3v) is 8.21. The van der Waals surface area contributed by atoms with Crippen LogP contribution in [0.15, 0.2) is 140 Å². The lowest BCUT2D eigenvalue weighted by Crippen LogP contribution is -1.92. The van der Waals surface area contributed by atoms with Crippen molar-refractivity contribution in [1.82, 2.24) is 0 Å². The summed E-state index contributed by atoms with van der Waals surface area (Å²) in [5, 5.41) is 8.51. The molecule has 0 nitrogen and oxygen atoms in total. The Hall–Kier alpha value is -4.20. The molecule has 180 valence electrons. The fourth-order valence-electron chi connectivity index (χ4n) is 5.72. The smallest absolute Gasteiger partial charge is 0.0283 e. The topological polar surface area (TPSA) is 0 Å². The van der Waals surface area contributed by atoms with Crippen molar-refractivity contribution >= 4 is 48.2 Å². The minimum atomic E-state index is 0.865. The standard InChI is InChI=1S/C37H25Br/c38-24-25-14-16-27(17-15-25)30-20-21-34-35(23-30)36(28-9-2-1-3-10-28)32-12-6-7-13-33(32)37(34)31-19-18-26-8-4-5-11-29(26)22-31/h1-23H,24H2.